The standard InChI is InChI=1S/C39H35N3O6.C30H39N3O8/c43-36(26-48-42-39(27-14-4-1-5-15-27,28-16-6-2-7-17-28)29-18-8-3-9-19-29)40-24-35(37(44)45)41-38(46)47-25-34-32-22-12-10-20-30(32)31-21-11-13-23-33(31)34;1-29(2,3)40-17-24(33-28(38)41-30(4,5)6)25(34)31-15-23(26(35)36)32-27(37)39-16-22-20-13-9-7-11-18(20)19-12-8-10-14-21(19)22/h1-23,34-35,42H,24-26H2,(H,40,43)(H,41,46)(H,44,45);7-14,22-24H,15-17H2,1-6H3,(H,31,34)(H,32,37)(H,33,38)(H,35,36)/p-3/t35-;23-,24+/m01/s1. The number of aliphatic carboxylic acids is 2. The second-order valence-electron chi connectivity index (χ2n) is 22.9. The van der Waals surface area contributed by atoms with Crippen molar-refractivity contribution in [3.8, 4) is 22.3 Å². The highest BCUT2D eigenvalue weighted by Gasteiger charge is 2.37. The Kier molecular flexibility index (Phi) is 21.7. The molecule has 2 aliphatic rings. The van der Waals surface area contributed by atoms with E-state index in [1.165, 1.54) is 0 Å². The van der Waals surface area contributed by atoms with Gasteiger partial charge in [-0.05, 0) is 82.0 Å². The van der Waals surface area contributed by atoms with Crippen LogP contribution in [0.25, 0.3) is 22.3 Å². The summed E-state index contributed by atoms with van der Waals surface area (Å²) in [4.78, 5) is 66.5. The molecule has 0 unspecified atom stereocenters. The van der Waals surface area contributed by atoms with Crippen LogP contribution in [-0.4, -0.2) is 121 Å². The van der Waals surface area contributed by atoms with Gasteiger partial charge in [0.1, 0.15) is 30.4 Å². The summed E-state index contributed by atoms with van der Waals surface area (Å²) in [5.74, 6) is -4.61. The number of amides is 2. The Morgan fingerprint density at radius 1 is 0.472 bits per heavy atom. The van der Waals surface area contributed by atoms with E-state index in [1.54, 1.807) is 41.5 Å². The van der Waals surface area contributed by atoms with Crippen LogP contribution in [0, 0.1) is 0 Å². The molecule has 5 N–H and O–H groups in total. The lowest BCUT2D eigenvalue weighted by atomic mass is 9.78. The van der Waals surface area contributed by atoms with E-state index in [9.17, 15) is 44.7 Å². The van der Waals surface area contributed by atoms with E-state index in [-0.39, 0.29) is 31.7 Å². The smallest absolute Gasteiger partial charge is 0.330 e. The zero-order chi connectivity index (χ0) is 63.7. The van der Waals surface area contributed by atoms with E-state index in [2.05, 4.69) is 31.1 Å². The lowest BCUT2D eigenvalue weighted by molar-refractivity contribution is -0.261. The van der Waals surface area contributed by atoms with Crippen molar-refractivity contribution >= 4 is 42.0 Å². The highest BCUT2D eigenvalue weighted by Crippen LogP contribution is 2.46. The third kappa shape index (κ3) is 17.2. The molecule has 2 amide bonds. The molecule has 464 valence electrons. The Balaban J connectivity index is 0.000000233. The monoisotopic (exact) mass is 1210 g/mol. The molecule has 9 rings (SSSR count). The van der Waals surface area contributed by atoms with Crippen molar-refractivity contribution in [2.75, 3.05) is 39.5 Å². The van der Waals surface area contributed by atoms with Crippen LogP contribution in [0.3, 0.4) is 0 Å². The number of nitrogens with zero attached hydrogens (tertiary/aromatic N) is 3. The number of ether oxygens (including phenoxy) is 4. The van der Waals surface area contributed by atoms with Gasteiger partial charge in [-0.1, -0.05) is 209 Å². The molecule has 0 aromatic heterocycles. The van der Waals surface area contributed by atoms with Crippen LogP contribution in [0.5, 0.6) is 0 Å². The number of carbonyl (C=O) groups is 4. The molecule has 20 heteroatoms. The van der Waals surface area contributed by atoms with Gasteiger partial charge in [-0.15, -0.1) is 0 Å². The first-order chi connectivity index (χ1) is 42.6. The fourth-order valence-corrected chi connectivity index (χ4v) is 10.3. The van der Waals surface area contributed by atoms with E-state index in [1.807, 2.05) is 188 Å². The highest BCUT2D eigenvalue weighted by molar-refractivity contribution is 5.86. The van der Waals surface area contributed by atoms with Crippen LogP contribution in [0.15, 0.2) is 203 Å². The molecular weight excluding hydrogens is 1140 g/mol. The highest BCUT2D eigenvalue weighted by atomic mass is 16.7. The van der Waals surface area contributed by atoms with Gasteiger partial charge in [-0.3, -0.25) is 29.4 Å². The molecule has 7 aromatic carbocycles. The Hall–Kier alpha value is -9.89. The number of benzene rings is 7. The molecule has 0 fully saturated rings. The van der Waals surface area contributed by atoms with E-state index in [0.29, 0.717) is 0 Å². The summed E-state index contributed by atoms with van der Waals surface area (Å²) in [5, 5.41) is 61.7. The second kappa shape index (κ2) is 29.7. The number of nitrogens with one attached hydrogen (secondary N) is 3. The minimum absolute atomic E-state index is 0.000556. The summed E-state index contributed by atoms with van der Waals surface area (Å²) in [6.07, 6.45) is -3.05. The van der Waals surface area contributed by atoms with Crippen molar-refractivity contribution in [3.63, 3.8) is 0 Å². The van der Waals surface area contributed by atoms with Gasteiger partial charge in [0, 0.05) is 30.7 Å². The van der Waals surface area contributed by atoms with Crippen molar-refractivity contribution in [1.82, 2.24) is 16.1 Å². The maximum atomic E-state index is 12.9. The van der Waals surface area contributed by atoms with Gasteiger partial charge in [0.25, 0.3) is 0 Å². The fraction of sp³-hybridized carbons (Fsp3) is 0.290. The predicted molar refractivity (Wildman–Crippen MR) is 329 cm³/mol. The molecule has 2 aliphatic carbocycles. The Morgan fingerprint density at radius 2 is 0.820 bits per heavy atom. The average molecular weight is 1210 g/mol. The van der Waals surface area contributed by atoms with E-state index >= 15 is 0 Å². The maximum Gasteiger partial charge on any atom is 0.330 e. The molecule has 0 saturated heterocycles. The summed E-state index contributed by atoms with van der Waals surface area (Å²) >= 11 is 0. The lowest BCUT2D eigenvalue weighted by Crippen LogP contribution is -2.46. The van der Waals surface area contributed by atoms with Crippen LogP contribution in [0.1, 0.15) is 92.3 Å². The Labute approximate surface area is 516 Å². The fourth-order valence-electron chi connectivity index (χ4n) is 10.3. The van der Waals surface area contributed by atoms with Gasteiger partial charge in [-0.25, -0.2) is 9.59 Å². The van der Waals surface area contributed by atoms with E-state index < -0.39 is 96.6 Å². The number of carboxylic acid groups (broad SMARTS) is 2. The zero-order valence-electron chi connectivity index (χ0n) is 50.2. The number of rotatable bonds is 23. The normalized spacial score (nSPS) is 14.3. The summed E-state index contributed by atoms with van der Waals surface area (Å²) in [5.41, 5.74) is 11.7. The molecule has 0 spiro atoms. The SMILES string of the molecule is CC(C)(C)OC[C@H](N=C([O-])OC(C)(C)C)C(=O)NC[C@@H](N=C([O-])OCC1c2ccccc2-c2ccccc21)C(=O)O.O=C(CONC(c1ccccc1)(c1ccccc1)c1ccccc1)NC[C@H](N=C([O-])OCC1c2ccccc2-c2ccccc21)C(=O)O. The largest absolute Gasteiger partial charge is 0.599 e. The number of fused-ring (bicyclic) bond motifs is 6. The second-order valence-corrected chi connectivity index (χ2v) is 22.9. The number of carbonyl (C=O) groups excluding carboxylic acids is 2. The number of carboxylic acids is 2. The Morgan fingerprint density at radius 3 is 1.18 bits per heavy atom. The van der Waals surface area contributed by atoms with Crippen molar-refractivity contribution in [3.05, 3.63) is 227 Å². The zero-order valence-corrected chi connectivity index (χ0v) is 50.2. The van der Waals surface area contributed by atoms with E-state index in [4.69, 9.17) is 23.8 Å². The summed E-state index contributed by atoms with van der Waals surface area (Å²) in [6, 6.07) is 56.1. The maximum absolute atomic E-state index is 12.9. The number of hydrogen-bond donors (Lipinski definition) is 5. The minimum atomic E-state index is -1.62. The first kappa shape index (κ1) is 65.1. The molecule has 3 atom stereocenters. The number of hydrogen-bond acceptors (Lipinski definition) is 16. The molecule has 20 nitrogen and oxygen atoms in total. The van der Waals surface area contributed by atoms with Crippen molar-refractivity contribution < 1.29 is 68.5 Å². The van der Waals surface area contributed by atoms with Crippen LogP contribution >= 0.6 is 0 Å². The third-order valence-corrected chi connectivity index (χ3v) is 14.4. The summed E-state index contributed by atoms with van der Waals surface area (Å²) < 4.78 is 21.6. The summed E-state index contributed by atoms with van der Waals surface area (Å²) in [7, 11) is 0. The predicted octanol–water partition coefficient (Wildman–Crippen LogP) is 6.43. The Bertz CT molecular complexity index is 3460. The van der Waals surface area contributed by atoms with Gasteiger partial charge in [0.15, 0.2) is 18.1 Å². The van der Waals surface area contributed by atoms with Gasteiger partial charge in [0.05, 0.1) is 25.3 Å². The number of hydroxylamine groups is 1. The first-order valence-corrected chi connectivity index (χ1v) is 28.9. The van der Waals surface area contributed by atoms with Gasteiger partial charge in [-0.2, -0.15) is 5.48 Å². The third-order valence-electron chi connectivity index (χ3n) is 14.4. The van der Waals surface area contributed by atoms with Crippen LogP contribution < -0.4 is 31.4 Å². The first-order valence-electron chi connectivity index (χ1n) is 28.9. The summed E-state index contributed by atoms with van der Waals surface area (Å²) in [6.45, 7) is 8.58. The molecule has 0 saturated carbocycles. The quantitative estimate of drug-likeness (QED) is 0.0200. The van der Waals surface area contributed by atoms with E-state index in [0.717, 1.165) is 61.2 Å². The average Bonchev–Trinajstić information content (AvgIpc) is 1.82. The molecule has 0 radical (unpaired) electrons. The van der Waals surface area contributed by atoms with Gasteiger partial charge >= 0.3 is 11.9 Å². The molecule has 7 aromatic rings. The molecule has 0 bridgehead atoms. The molecule has 89 heavy (non-hydrogen) atoms. The molecule has 0 aliphatic heterocycles. The van der Waals surface area contributed by atoms with Gasteiger partial charge < -0.3 is 55.1 Å². The number of aliphatic imine (C=N–C) groups is 3. The van der Waals surface area contributed by atoms with Crippen LogP contribution in [0.2, 0.25) is 0 Å². The minimum Gasteiger partial charge on any atom is -0.599 e. The van der Waals surface area contributed by atoms with Crippen molar-refractivity contribution in [1.29, 1.82) is 0 Å². The molecular formula is C69H71N6O14-3. The van der Waals surface area contributed by atoms with Crippen molar-refractivity contribution in [2.45, 2.75) is 88.2 Å². The van der Waals surface area contributed by atoms with Crippen LogP contribution in [-0.2, 0) is 48.5 Å². The van der Waals surface area contributed by atoms with Crippen LogP contribution in [0.4, 0.5) is 0 Å². The lowest BCUT2D eigenvalue weighted by Gasteiger charge is -2.36. The van der Waals surface area contributed by atoms with Crippen molar-refractivity contribution in [2.24, 2.45) is 15.0 Å². The topological polar surface area (TPSA) is 297 Å². The molecule has 0 heterocycles. The van der Waals surface area contributed by atoms with Gasteiger partial charge in [0.2, 0.25) is 11.8 Å².